The topological polar surface area (TPSA) is 88.9 Å². The van der Waals surface area contributed by atoms with Crippen LogP contribution in [0, 0.1) is 0 Å². The molecule has 0 unspecified atom stereocenters. The lowest BCUT2D eigenvalue weighted by molar-refractivity contribution is 0.603. The van der Waals surface area contributed by atoms with Gasteiger partial charge in [-0.05, 0) is 54.8 Å². The summed E-state index contributed by atoms with van der Waals surface area (Å²) in [6, 6.07) is 25.1. The zero-order chi connectivity index (χ0) is 24.0. The number of aromatic nitrogens is 3. The first kappa shape index (κ1) is 21.6. The summed E-state index contributed by atoms with van der Waals surface area (Å²) in [5.74, 6) is 0.482. The third kappa shape index (κ3) is 3.78. The van der Waals surface area contributed by atoms with E-state index in [-0.39, 0.29) is 10.0 Å². The van der Waals surface area contributed by atoms with Crippen molar-refractivity contribution in [1.82, 2.24) is 14.5 Å². The fraction of sp³-hybridized carbons (Fsp3) is 0.0769. The van der Waals surface area contributed by atoms with Crippen LogP contribution in [0.3, 0.4) is 0 Å². The predicted octanol–water partition coefficient (Wildman–Crippen LogP) is 6.36. The molecule has 2 N–H and O–H groups in total. The van der Waals surface area contributed by atoms with E-state index in [4.69, 9.17) is 4.98 Å². The fourth-order valence-corrected chi connectivity index (χ4v) is 6.36. The zero-order valence-electron chi connectivity index (χ0n) is 18.8. The summed E-state index contributed by atoms with van der Waals surface area (Å²) in [5, 5.41) is 7.31. The smallest absolute Gasteiger partial charge is 0.272 e. The normalized spacial score (nSPS) is 11.9. The predicted molar refractivity (Wildman–Crippen MR) is 143 cm³/mol. The third-order valence-corrected chi connectivity index (χ3v) is 8.65. The Balaban J connectivity index is 1.47. The Morgan fingerprint density at radius 2 is 1.54 bits per heavy atom. The molecule has 6 rings (SSSR count). The van der Waals surface area contributed by atoms with Crippen molar-refractivity contribution in [3.63, 3.8) is 0 Å². The van der Waals surface area contributed by atoms with Crippen molar-refractivity contribution in [2.75, 3.05) is 10.0 Å². The van der Waals surface area contributed by atoms with Gasteiger partial charge in [0.1, 0.15) is 4.21 Å². The van der Waals surface area contributed by atoms with Gasteiger partial charge in [0.25, 0.3) is 10.0 Å². The van der Waals surface area contributed by atoms with Crippen molar-refractivity contribution in [3.05, 3.63) is 84.2 Å². The summed E-state index contributed by atoms with van der Waals surface area (Å²) in [4.78, 5) is 9.28. The molecule has 0 atom stereocenters. The average molecular weight is 500 g/mol. The maximum absolute atomic E-state index is 13.0. The number of aryl methyl sites for hydroxylation is 1. The van der Waals surface area contributed by atoms with Gasteiger partial charge >= 0.3 is 0 Å². The Hall–Kier alpha value is -3.95. The second-order valence-electron chi connectivity index (χ2n) is 8.07. The number of sulfonamides is 1. The number of fused-ring (bicyclic) bond motifs is 4. The molecule has 0 fully saturated rings. The Labute approximate surface area is 206 Å². The second kappa shape index (κ2) is 8.37. The SMILES string of the molecule is CCn1c2ccccc2c2cc(Nc3nc4ccccc4nc3NS(=O)(=O)c3cccs3)ccc21. The third-order valence-electron chi connectivity index (χ3n) is 5.91. The molecule has 0 aliphatic carbocycles. The molecule has 174 valence electrons. The maximum Gasteiger partial charge on any atom is 0.272 e. The zero-order valence-corrected chi connectivity index (χ0v) is 20.4. The summed E-state index contributed by atoms with van der Waals surface area (Å²) in [7, 11) is -3.79. The van der Waals surface area contributed by atoms with E-state index >= 15 is 0 Å². The van der Waals surface area contributed by atoms with E-state index in [1.54, 1.807) is 23.6 Å². The van der Waals surface area contributed by atoms with Crippen molar-refractivity contribution in [2.24, 2.45) is 0 Å². The van der Waals surface area contributed by atoms with Crippen molar-refractivity contribution in [2.45, 2.75) is 17.7 Å². The highest BCUT2D eigenvalue weighted by Gasteiger charge is 2.20. The van der Waals surface area contributed by atoms with Crippen LogP contribution in [0.15, 0.2) is 88.5 Å². The van der Waals surface area contributed by atoms with Gasteiger partial charge in [0.15, 0.2) is 11.6 Å². The van der Waals surface area contributed by atoms with Crippen LogP contribution in [0.25, 0.3) is 32.8 Å². The molecule has 3 aromatic carbocycles. The number of hydrogen-bond donors (Lipinski definition) is 2. The van der Waals surface area contributed by atoms with Crippen molar-refractivity contribution in [3.8, 4) is 0 Å². The molecule has 9 heteroatoms. The standard InChI is InChI=1S/C26H21N5O2S2/c1-2-31-22-11-6-3-8-18(22)19-16-17(13-14-23(19)31)27-25-26(29-21-10-5-4-9-20(21)28-25)30-35(32,33)24-12-7-15-34-24/h3-16H,2H2,1H3,(H,27,28)(H,29,30). The van der Waals surface area contributed by atoms with Crippen molar-refractivity contribution < 1.29 is 8.42 Å². The Bertz CT molecular complexity index is 1810. The molecule has 0 aliphatic heterocycles. The largest absolute Gasteiger partial charge is 0.341 e. The molecule has 35 heavy (non-hydrogen) atoms. The monoisotopic (exact) mass is 499 g/mol. The lowest BCUT2D eigenvalue weighted by atomic mass is 10.1. The number of anilines is 3. The lowest BCUT2D eigenvalue weighted by Crippen LogP contribution is -2.15. The number of nitrogens with zero attached hydrogens (tertiary/aromatic N) is 3. The first-order chi connectivity index (χ1) is 17.0. The van der Waals surface area contributed by atoms with E-state index in [1.165, 1.54) is 5.52 Å². The Morgan fingerprint density at radius 1 is 0.829 bits per heavy atom. The van der Waals surface area contributed by atoms with Crippen LogP contribution in [0.2, 0.25) is 0 Å². The molecular formula is C26H21N5O2S2. The Kier molecular flexibility index (Phi) is 5.16. The summed E-state index contributed by atoms with van der Waals surface area (Å²) in [5.41, 5.74) is 4.37. The van der Waals surface area contributed by atoms with Gasteiger partial charge in [0, 0.05) is 34.0 Å². The molecule has 3 heterocycles. The van der Waals surface area contributed by atoms with Gasteiger partial charge in [-0.1, -0.05) is 36.4 Å². The average Bonchev–Trinajstić information content (AvgIpc) is 3.51. The summed E-state index contributed by atoms with van der Waals surface area (Å²) >= 11 is 1.15. The molecule has 7 nitrogen and oxygen atoms in total. The van der Waals surface area contributed by atoms with Crippen LogP contribution in [0.4, 0.5) is 17.3 Å². The number of rotatable bonds is 6. The van der Waals surface area contributed by atoms with Crippen LogP contribution in [-0.2, 0) is 16.6 Å². The highest BCUT2D eigenvalue weighted by molar-refractivity contribution is 7.94. The molecular weight excluding hydrogens is 478 g/mol. The van der Waals surface area contributed by atoms with Crippen LogP contribution in [-0.4, -0.2) is 23.0 Å². The summed E-state index contributed by atoms with van der Waals surface area (Å²) < 4.78 is 31.0. The van der Waals surface area contributed by atoms with Gasteiger partial charge in [0.05, 0.1) is 11.0 Å². The lowest BCUT2D eigenvalue weighted by Gasteiger charge is -2.13. The first-order valence-electron chi connectivity index (χ1n) is 11.1. The maximum atomic E-state index is 13.0. The number of thiophene rings is 1. The molecule has 6 aromatic rings. The van der Waals surface area contributed by atoms with Crippen LogP contribution in [0.5, 0.6) is 0 Å². The van der Waals surface area contributed by atoms with Gasteiger partial charge in [0.2, 0.25) is 0 Å². The van der Waals surface area contributed by atoms with Crippen LogP contribution in [0.1, 0.15) is 6.92 Å². The summed E-state index contributed by atoms with van der Waals surface area (Å²) in [6.45, 7) is 3.00. The van der Waals surface area contributed by atoms with Gasteiger partial charge < -0.3 is 9.88 Å². The van der Waals surface area contributed by atoms with Crippen molar-refractivity contribution in [1.29, 1.82) is 0 Å². The number of hydrogen-bond acceptors (Lipinski definition) is 6. The van der Waals surface area contributed by atoms with Gasteiger partial charge in [-0.2, -0.15) is 0 Å². The fourth-order valence-electron chi connectivity index (χ4n) is 4.36. The molecule has 0 radical (unpaired) electrons. The number of benzene rings is 3. The molecule has 0 saturated carbocycles. The second-order valence-corrected chi connectivity index (χ2v) is 10.9. The van der Waals surface area contributed by atoms with Crippen molar-refractivity contribution >= 4 is 71.5 Å². The van der Waals surface area contributed by atoms with E-state index < -0.39 is 10.0 Å². The minimum absolute atomic E-state index is 0.146. The molecule has 0 bridgehead atoms. The van der Waals surface area contributed by atoms with Gasteiger partial charge in [-0.3, -0.25) is 4.72 Å². The van der Waals surface area contributed by atoms with Gasteiger partial charge in [-0.25, -0.2) is 18.4 Å². The van der Waals surface area contributed by atoms with E-state index in [0.29, 0.717) is 16.9 Å². The number of nitrogens with one attached hydrogen (secondary N) is 2. The first-order valence-corrected chi connectivity index (χ1v) is 13.5. The van der Waals surface area contributed by atoms with E-state index in [9.17, 15) is 8.42 Å². The van der Waals surface area contributed by atoms with Gasteiger partial charge in [-0.15, -0.1) is 11.3 Å². The number of para-hydroxylation sites is 3. The van der Waals surface area contributed by atoms with E-state index in [1.807, 2.05) is 36.4 Å². The highest BCUT2D eigenvalue weighted by Crippen LogP contribution is 2.33. The molecule has 3 aromatic heterocycles. The molecule has 0 saturated heterocycles. The minimum Gasteiger partial charge on any atom is -0.341 e. The van der Waals surface area contributed by atoms with E-state index in [2.05, 4.69) is 50.8 Å². The summed E-state index contributed by atoms with van der Waals surface area (Å²) in [6.07, 6.45) is 0. The molecule has 0 aliphatic rings. The minimum atomic E-state index is -3.79. The van der Waals surface area contributed by atoms with Crippen LogP contribution >= 0.6 is 11.3 Å². The Morgan fingerprint density at radius 3 is 2.29 bits per heavy atom. The van der Waals surface area contributed by atoms with Crippen LogP contribution < -0.4 is 10.0 Å². The van der Waals surface area contributed by atoms with E-state index in [0.717, 1.165) is 39.9 Å². The molecule has 0 amide bonds. The molecule has 0 spiro atoms. The highest BCUT2D eigenvalue weighted by atomic mass is 32.2. The quantitative estimate of drug-likeness (QED) is 0.278.